The predicted molar refractivity (Wildman–Crippen MR) is 241 cm³/mol. The number of carbonyl (C=O) groups is 4. The summed E-state index contributed by atoms with van der Waals surface area (Å²) >= 11 is 0. The Hall–Kier alpha value is -6.32. The van der Waals surface area contributed by atoms with Crippen LogP contribution in [0.1, 0.15) is 91.6 Å². The van der Waals surface area contributed by atoms with Crippen molar-refractivity contribution in [3.05, 3.63) is 76.4 Å². The molecule has 21 heteroatoms. The van der Waals surface area contributed by atoms with Gasteiger partial charge in [0.25, 0.3) is 12.3 Å². The number of amides is 4. The molecular formula is C46H56F2N12O7. The molecule has 2 aliphatic carbocycles. The average molecular weight is 927 g/mol. The summed E-state index contributed by atoms with van der Waals surface area (Å²) in [4.78, 5) is 76.9. The van der Waals surface area contributed by atoms with Crippen LogP contribution in [-0.4, -0.2) is 121 Å². The van der Waals surface area contributed by atoms with Crippen molar-refractivity contribution in [2.45, 2.75) is 82.5 Å². The Morgan fingerprint density at radius 1 is 1.03 bits per heavy atom. The quantitative estimate of drug-likeness (QED) is 0.0759. The van der Waals surface area contributed by atoms with Gasteiger partial charge in [-0.3, -0.25) is 43.2 Å². The number of nitrogens with one attached hydrogen (secondary N) is 4. The maximum Gasteiger partial charge on any atom is 0.329 e. The molecule has 1 unspecified atom stereocenters. The summed E-state index contributed by atoms with van der Waals surface area (Å²) in [6.07, 6.45) is 6.24. The number of likely N-dealkylation sites (N-methyl/N-ethyl adjacent to an activating group) is 1. The first-order chi connectivity index (χ1) is 32.4. The van der Waals surface area contributed by atoms with Gasteiger partial charge < -0.3 is 30.0 Å². The second-order valence-corrected chi connectivity index (χ2v) is 18.2. The van der Waals surface area contributed by atoms with Crippen molar-refractivity contribution >= 4 is 46.2 Å². The van der Waals surface area contributed by atoms with Crippen LogP contribution in [0, 0.1) is 11.8 Å². The number of oxazole rings is 1. The van der Waals surface area contributed by atoms with Gasteiger partial charge in [-0.1, -0.05) is 6.07 Å². The van der Waals surface area contributed by atoms with E-state index in [4.69, 9.17) is 9.15 Å². The van der Waals surface area contributed by atoms with Gasteiger partial charge in [0.1, 0.15) is 18.1 Å². The highest BCUT2D eigenvalue weighted by molar-refractivity contribution is 6.03. The lowest BCUT2D eigenvalue weighted by atomic mass is 9.85. The number of hydrogen-bond acceptors (Lipinski definition) is 13. The largest absolute Gasteiger partial charge is 0.444 e. The predicted octanol–water partition coefficient (Wildman–Crippen LogP) is 4.26. The Morgan fingerprint density at radius 2 is 1.85 bits per heavy atom. The third-order valence-electron chi connectivity index (χ3n) is 13.3. The number of imide groups is 1. The van der Waals surface area contributed by atoms with Crippen LogP contribution in [0.2, 0.25) is 0 Å². The van der Waals surface area contributed by atoms with E-state index in [2.05, 4.69) is 41.2 Å². The minimum atomic E-state index is -2.93. The normalized spacial score (nSPS) is 21.4. The minimum absolute atomic E-state index is 0.0222. The van der Waals surface area contributed by atoms with E-state index in [0.717, 1.165) is 25.2 Å². The average Bonchev–Trinajstić information content (AvgIpc) is 3.74. The molecule has 4 N–H and O–H groups in total. The molecule has 2 atom stereocenters. The highest BCUT2D eigenvalue weighted by atomic mass is 19.3. The van der Waals surface area contributed by atoms with Gasteiger partial charge in [0.05, 0.1) is 35.5 Å². The zero-order valence-corrected chi connectivity index (χ0v) is 37.6. The number of morpholine rings is 1. The molecule has 0 bridgehead atoms. The number of nitrogens with zero attached hydrogens (tertiary/aromatic N) is 8. The maximum atomic E-state index is 14.2. The molecule has 9 rings (SSSR count). The monoisotopic (exact) mass is 926 g/mol. The third-order valence-corrected chi connectivity index (χ3v) is 13.3. The van der Waals surface area contributed by atoms with Gasteiger partial charge in [-0.15, -0.1) is 0 Å². The van der Waals surface area contributed by atoms with Gasteiger partial charge in [0.2, 0.25) is 23.6 Å². The molecule has 4 aromatic heterocycles. The van der Waals surface area contributed by atoms with E-state index in [-0.39, 0.29) is 65.7 Å². The van der Waals surface area contributed by atoms with Crippen molar-refractivity contribution in [2.24, 2.45) is 18.9 Å². The molecule has 0 spiro atoms. The van der Waals surface area contributed by atoms with Crippen molar-refractivity contribution in [1.29, 1.82) is 0 Å². The maximum absolute atomic E-state index is 14.2. The Balaban J connectivity index is 0.719. The van der Waals surface area contributed by atoms with E-state index in [0.29, 0.717) is 86.8 Å². The molecule has 4 aliphatic rings. The number of pyridine rings is 1. The molecule has 67 heavy (non-hydrogen) atoms. The van der Waals surface area contributed by atoms with Crippen LogP contribution in [0.25, 0.3) is 22.5 Å². The van der Waals surface area contributed by atoms with Crippen LogP contribution in [0.15, 0.2) is 58.2 Å². The molecule has 19 nitrogen and oxygen atoms in total. The number of hydrogen-bond donors (Lipinski definition) is 4. The second kappa shape index (κ2) is 19.9. The number of imidazole rings is 1. The van der Waals surface area contributed by atoms with Crippen LogP contribution in [0.4, 0.5) is 20.3 Å². The number of piperidine rings is 1. The fourth-order valence-corrected chi connectivity index (χ4v) is 9.39. The minimum Gasteiger partial charge on any atom is -0.444 e. The third kappa shape index (κ3) is 10.5. The lowest BCUT2D eigenvalue weighted by Gasteiger charge is -2.36. The van der Waals surface area contributed by atoms with Crippen LogP contribution in [0.5, 0.6) is 0 Å². The van der Waals surface area contributed by atoms with E-state index in [1.807, 2.05) is 18.2 Å². The van der Waals surface area contributed by atoms with Crippen LogP contribution in [-0.2, 0) is 32.7 Å². The van der Waals surface area contributed by atoms with E-state index in [1.54, 1.807) is 37.3 Å². The SMILES string of the molecule is CN(C[C@@H]1CN(CCNCc2ccc3c(c2)n(C)c(=O)n3C2CCC(=O)NC2=O)CCO1)C(=O)[C@H]1CC[C@H](n2cc(NC(=O)c3coc(-c4ccnc(NCC5CC5)c4)n3)c(C(F)F)n2)CC1. The molecular weight excluding hydrogens is 871 g/mol. The molecule has 2 saturated carbocycles. The molecule has 5 aromatic rings. The number of rotatable bonds is 17. The Kier molecular flexibility index (Phi) is 13.6. The summed E-state index contributed by atoms with van der Waals surface area (Å²) in [6, 6.07) is 8.26. The first kappa shape index (κ1) is 45.8. The molecule has 356 valence electrons. The summed E-state index contributed by atoms with van der Waals surface area (Å²) in [6.45, 7) is 5.29. The van der Waals surface area contributed by atoms with E-state index in [9.17, 15) is 32.8 Å². The van der Waals surface area contributed by atoms with Gasteiger partial charge >= 0.3 is 5.69 Å². The molecule has 4 fully saturated rings. The first-order valence-electron chi connectivity index (χ1n) is 23.1. The van der Waals surface area contributed by atoms with E-state index >= 15 is 0 Å². The zero-order valence-electron chi connectivity index (χ0n) is 37.6. The lowest BCUT2D eigenvalue weighted by molar-refractivity contribution is -0.138. The summed E-state index contributed by atoms with van der Waals surface area (Å²) in [7, 11) is 3.47. The molecule has 2 saturated heterocycles. The van der Waals surface area contributed by atoms with E-state index in [1.165, 1.54) is 39.1 Å². The zero-order chi connectivity index (χ0) is 46.8. The molecule has 2 aliphatic heterocycles. The number of benzene rings is 1. The number of carbonyl (C=O) groups excluding carboxylic acids is 4. The number of halogens is 2. The van der Waals surface area contributed by atoms with Crippen molar-refractivity contribution in [2.75, 3.05) is 63.6 Å². The number of anilines is 2. The van der Waals surface area contributed by atoms with Crippen molar-refractivity contribution in [1.82, 2.24) is 49.3 Å². The highest BCUT2D eigenvalue weighted by Crippen LogP contribution is 2.36. The Labute approximate surface area is 384 Å². The highest BCUT2D eigenvalue weighted by Gasteiger charge is 2.34. The number of aromatic nitrogens is 6. The lowest BCUT2D eigenvalue weighted by Crippen LogP contribution is -2.50. The van der Waals surface area contributed by atoms with Gasteiger partial charge in [0, 0.05) is 90.2 Å². The number of alkyl halides is 2. The fraction of sp³-hybridized carbons (Fsp3) is 0.522. The Bertz CT molecular complexity index is 2680. The smallest absolute Gasteiger partial charge is 0.329 e. The summed E-state index contributed by atoms with van der Waals surface area (Å²) in [5.74, 6) is -0.181. The summed E-state index contributed by atoms with van der Waals surface area (Å²) in [5.41, 5.74) is 1.93. The van der Waals surface area contributed by atoms with Crippen molar-refractivity contribution < 1.29 is 37.1 Å². The van der Waals surface area contributed by atoms with E-state index < -0.39 is 30.0 Å². The van der Waals surface area contributed by atoms with Gasteiger partial charge in [-0.2, -0.15) is 5.10 Å². The molecule has 4 amide bonds. The molecule has 1 aromatic carbocycles. The number of ether oxygens (including phenoxy) is 1. The second-order valence-electron chi connectivity index (χ2n) is 18.2. The van der Waals surface area contributed by atoms with Crippen LogP contribution < -0.4 is 27.0 Å². The first-order valence-corrected chi connectivity index (χ1v) is 23.1. The molecule has 6 heterocycles. The summed E-state index contributed by atoms with van der Waals surface area (Å²) in [5, 5.41) is 15.9. The summed E-state index contributed by atoms with van der Waals surface area (Å²) < 4.78 is 44.6. The number of aryl methyl sites for hydroxylation is 1. The van der Waals surface area contributed by atoms with Gasteiger partial charge in [-0.25, -0.2) is 23.5 Å². The molecule has 0 radical (unpaired) electrons. The van der Waals surface area contributed by atoms with Crippen LogP contribution >= 0.6 is 0 Å². The van der Waals surface area contributed by atoms with Crippen molar-refractivity contribution in [3.63, 3.8) is 0 Å². The topological polar surface area (TPSA) is 216 Å². The van der Waals surface area contributed by atoms with Gasteiger partial charge in [0.15, 0.2) is 11.4 Å². The standard InChI is InChI=1S/C46H56F2N12O7/c1-56(23-32-24-58(17-18-66-32)16-15-49-21-28-5-10-35-37(19-28)57(2)46(65)60(35)36-11-12-39(61)54-43(36)63)45(64)29-6-8-31(9-7-29)59-25-33(40(55-59)41(47)48)52-42(62)34-26-67-44(53-34)30-13-14-50-38(20-30)51-22-27-3-4-27/h5,10,13-14,19-20,25-27,29,31-32,36,41,49H,3-4,6-9,11-12,15-18,21-24H2,1-2H3,(H,50,51)(H,52,62)(H,54,61,63)/t29-,31-,32-,36?/m1/s1. The van der Waals surface area contributed by atoms with Gasteiger partial charge in [-0.05, 0) is 80.7 Å². The number of fused-ring (bicyclic) bond motifs is 1. The fourth-order valence-electron chi connectivity index (χ4n) is 9.39. The van der Waals surface area contributed by atoms with Crippen LogP contribution in [0.3, 0.4) is 0 Å². The van der Waals surface area contributed by atoms with Crippen molar-refractivity contribution in [3.8, 4) is 11.5 Å². The Morgan fingerprint density at radius 3 is 2.63 bits per heavy atom.